The number of fused-ring (bicyclic) bond motifs is 1. The number of hydrogen-bond acceptors (Lipinski definition) is 12. The average Bonchev–Trinajstić information content (AvgIpc) is 2.79. The van der Waals surface area contributed by atoms with Gasteiger partial charge in [-0.3, -0.25) is 19.3 Å². The molecule has 2 aliphatic heterocycles. The number of halogens is 1. The van der Waals surface area contributed by atoms with Crippen molar-refractivity contribution in [3.05, 3.63) is 11.3 Å². The first-order chi connectivity index (χ1) is 16.2. The lowest BCUT2D eigenvalue weighted by molar-refractivity contribution is -0.158. The molecule has 15 heteroatoms. The Hall–Kier alpha value is -2.84. The summed E-state index contributed by atoms with van der Waals surface area (Å²) in [5, 5.41) is 5.12. The van der Waals surface area contributed by atoms with Crippen molar-refractivity contribution in [3.8, 4) is 0 Å². The fourth-order valence-electron chi connectivity index (χ4n) is 2.97. The van der Waals surface area contributed by atoms with Gasteiger partial charge in [-0.15, -0.1) is 23.4 Å². The summed E-state index contributed by atoms with van der Waals surface area (Å²) in [6, 6.07) is -1.05. The zero-order chi connectivity index (χ0) is 25.4. The number of amides is 2. The van der Waals surface area contributed by atoms with Crippen molar-refractivity contribution in [2.24, 2.45) is 5.16 Å². The van der Waals surface area contributed by atoms with Gasteiger partial charge in [-0.1, -0.05) is 5.16 Å². The molecule has 2 atom stereocenters. The van der Waals surface area contributed by atoms with Crippen molar-refractivity contribution in [1.29, 1.82) is 0 Å². The van der Waals surface area contributed by atoms with Gasteiger partial charge in [0.05, 0.1) is 18.6 Å². The highest BCUT2D eigenvalue weighted by atomic mass is 35.5. The van der Waals surface area contributed by atoms with Crippen LogP contribution in [0.1, 0.15) is 13.8 Å². The molecular weight excluding hydrogens is 498 g/mol. The second kappa shape index (κ2) is 12.6. The molecule has 2 amide bonds. The van der Waals surface area contributed by atoms with Crippen molar-refractivity contribution < 1.29 is 47.8 Å². The van der Waals surface area contributed by atoms with Crippen LogP contribution < -0.4 is 5.32 Å². The summed E-state index contributed by atoms with van der Waals surface area (Å²) in [6.45, 7) is 2.55. The number of ketones is 1. The topological polar surface area (TPSA) is 159 Å². The fraction of sp³-hybridized carbons (Fsp3) is 0.579. The molecule has 0 bridgehead atoms. The maximum absolute atomic E-state index is 12.8. The fourth-order valence-corrected chi connectivity index (χ4v) is 4.42. The van der Waals surface area contributed by atoms with Crippen LogP contribution in [0, 0.1) is 0 Å². The largest absolute Gasteiger partial charge is 0.511 e. The van der Waals surface area contributed by atoms with Crippen LogP contribution in [0.15, 0.2) is 16.4 Å². The highest BCUT2D eigenvalue weighted by molar-refractivity contribution is 8.00. The molecule has 0 aromatic carbocycles. The number of methoxy groups -OCH3 is 1. The number of ether oxygens (including phenoxy) is 4. The second-order valence-electron chi connectivity index (χ2n) is 7.04. The third-order valence-electron chi connectivity index (χ3n) is 4.33. The van der Waals surface area contributed by atoms with Gasteiger partial charge in [-0.2, -0.15) is 0 Å². The number of oxime groups is 1. The minimum absolute atomic E-state index is 0.0378. The summed E-state index contributed by atoms with van der Waals surface area (Å²) in [7, 11) is 2.57. The number of nitrogens with one attached hydrogen (secondary N) is 1. The molecule has 2 rings (SSSR count). The molecule has 0 aliphatic carbocycles. The van der Waals surface area contributed by atoms with E-state index in [-0.39, 0.29) is 18.1 Å². The number of esters is 1. The predicted molar refractivity (Wildman–Crippen MR) is 118 cm³/mol. The van der Waals surface area contributed by atoms with Gasteiger partial charge in [0, 0.05) is 12.9 Å². The quantitative estimate of drug-likeness (QED) is 0.0750. The molecule has 2 heterocycles. The average molecular weight is 522 g/mol. The predicted octanol–water partition coefficient (Wildman–Crippen LogP) is 0.159. The Balaban J connectivity index is 2.12. The molecule has 0 aromatic rings. The molecule has 1 N–H and O–H groups in total. The lowest BCUT2D eigenvalue weighted by Gasteiger charge is -2.49. The molecule has 1 fully saturated rings. The number of alkyl halides is 1. The molecule has 2 aliphatic rings. The van der Waals surface area contributed by atoms with Crippen molar-refractivity contribution in [2.45, 2.75) is 31.4 Å². The number of hydrogen-bond donors (Lipinski definition) is 1. The van der Waals surface area contributed by atoms with Crippen LogP contribution in [0.3, 0.4) is 0 Å². The first-order valence-electron chi connectivity index (χ1n) is 9.83. The Morgan fingerprint density at radius 1 is 1.24 bits per heavy atom. The minimum atomic E-state index is -1.05. The SMILES string of the molecule is COCC1=C(C(=O)OCOC(=O)OC(C)C)N2C(=O)C(NC(=O)C(=NOC)C(=O)CCl)[C@H]2SC1. The molecular formula is C19H24ClN3O10S. The van der Waals surface area contributed by atoms with Crippen molar-refractivity contribution >= 4 is 58.8 Å². The molecule has 188 valence electrons. The van der Waals surface area contributed by atoms with Gasteiger partial charge in [0.25, 0.3) is 11.8 Å². The Bertz CT molecular complexity index is 907. The van der Waals surface area contributed by atoms with E-state index < -0.39 is 65.6 Å². The Morgan fingerprint density at radius 2 is 1.94 bits per heavy atom. The molecule has 0 aromatic heterocycles. The van der Waals surface area contributed by atoms with Gasteiger partial charge < -0.3 is 29.1 Å². The number of β-lactam (4-membered cyclic amide) rings is 1. The first kappa shape index (κ1) is 27.4. The van der Waals surface area contributed by atoms with Crippen LogP contribution in [-0.4, -0.2) is 97.1 Å². The van der Waals surface area contributed by atoms with Gasteiger partial charge in [0.2, 0.25) is 18.3 Å². The zero-order valence-electron chi connectivity index (χ0n) is 18.8. The van der Waals surface area contributed by atoms with E-state index in [1.165, 1.54) is 18.9 Å². The number of carbonyl (C=O) groups is 5. The normalized spacial score (nSPS) is 19.8. The lowest BCUT2D eigenvalue weighted by atomic mass is 10.0. The summed E-state index contributed by atoms with van der Waals surface area (Å²) >= 11 is 6.75. The maximum Gasteiger partial charge on any atom is 0.511 e. The molecule has 0 saturated carbocycles. The molecule has 0 radical (unpaired) electrons. The molecule has 0 spiro atoms. The molecule has 13 nitrogen and oxygen atoms in total. The summed E-state index contributed by atoms with van der Waals surface area (Å²) in [5.41, 5.74) is -0.203. The second-order valence-corrected chi connectivity index (χ2v) is 8.41. The van der Waals surface area contributed by atoms with Crippen LogP contribution in [0.5, 0.6) is 0 Å². The highest BCUT2D eigenvalue weighted by Crippen LogP contribution is 2.40. The smallest absolute Gasteiger partial charge is 0.431 e. The number of nitrogens with zero attached hydrogens (tertiary/aromatic N) is 2. The van der Waals surface area contributed by atoms with Gasteiger partial charge >= 0.3 is 12.1 Å². The van der Waals surface area contributed by atoms with Gasteiger partial charge in [-0.05, 0) is 19.4 Å². The van der Waals surface area contributed by atoms with Crippen LogP contribution >= 0.6 is 23.4 Å². The number of thioether (sulfide) groups is 1. The van der Waals surface area contributed by atoms with E-state index in [0.717, 1.165) is 12.0 Å². The van der Waals surface area contributed by atoms with Crippen LogP contribution in [-0.2, 0) is 43.0 Å². The summed E-state index contributed by atoms with van der Waals surface area (Å²) in [6.07, 6.45) is -1.44. The van der Waals surface area contributed by atoms with E-state index >= 15 is 0 Å². The molecule has 34 heavy (non-hydrogen) atoms. The van der Waals surface area contributed by atoms with Crippen molar-refractivity contribution in [3.63, 3.8) is 0 Å². The Kier molecular flexibility index (Phi) is 10.1. The van der Waals surface area contributed by atoms with E-state index in [4.69, 9.17) is 25.8 Å². The van der Waals surface area contributed by atoms with E-state index in [1.807, 2.05) is 0 Å². The summed E-state index contributed by atoms with van der Waals surface area (Å²) in [5.74, 6) is -3.50. The third-order valence-corrected chi connectivity index (χ3v) is 5.91. The van der Waals surface area contributed by atoms with Crippen LogP contribution in [0.2, 0.25) is 0 Å². The minimum Gasteiger partial charge on any atom is -0.431 e. The first-order valence-corrected chi connectivity index (χ1v) is 11.4. The molecule has 1 saturated heterocycles. The van der Waals surface area contributed by atoms with Crippen LogP contribution in [0.25, 0.3) is 0 Å². The van der Waals surface area contributed by atoms with Crippen molar-refractivity contribution in [2.75, 3.05) is 39.3 Å². The standard InChI is InChI=1S/C19H24ClN3O10S/c1-9(2)33-19(28)32-8-31-18(27)14-10(6-29-3)7-34-17-13(16(26)23(14)17)21-15(25)12(22-30-4)11(24)5-20/h9,13,17H,5-8H2,1-4H3,(H,21,25)/t13?,17-/m1/s1. The van der Waals surface area contributed by atoms with E-state index in [0.29, 0.717) is 5.57 Å². The number of carbonyl (C=O) groups excluding carboxylic acids is 5. The van der Waals surface area contributed by atoms with Gasteiger partial charge in [-0.25, -0.2) is 9.59 Å². The van der Waals surface area contributed by atoms with Crippen molar-refractivity contribution in [1.82, 2.24) is 10.2 Å². The highest BCUT2D eigenvalue weighted by Gasteiger charge is 2.54. The summed E-state index contributed by atoms with van der Waals surface area (Å²) in [4.78, 5) is 66.9. The van der Waals surface area contributed by atoms with Gasteiger partial charge in [0.1, 0.15) is 24.2 Å². The van der Waals surface area contributed by atoms with E-state index in [9.17, 15) is 24.0 Å². The molecule has 1 unspecified atom stereocenters. The zero-order valence-corrected chi connectivity index (χ0v) is 20.4. The third kappa shape index (κ3) is 6.39. The number of Topliss-reactive ketones (excluding diaryl/α,β-unsaturated/α-hetero) is 1. The Labute approximate surface area is 204 Å². The van der Waals surface area contributed by atoms with Gasteiger partial charge in [0.15, 0.2) is 0 Å². The maximum atomic E-state index is 12.8. The number of rotatable bonds is 11. The monoisotopic (exact) mass is 521 g/mol. The lowest BCUT2D eigenvalue weighted by Crippen LogP contribution is -2.71. The summed E-state index contributed by atoms with van der Waals surface area (Å²) < 4.78 is 19.5. The Morgan fingerprint density at radius 3 is 2.53 bits per heavy atom. The van der Waals surface area contributed by atoms with E-state index in [1.54, 1.807) is 13.8 Å². The van der Waals surface area contributed by atoms with E-state index in [2.05, 4.69) is 20.0 Å². The van der Waals surface area contributed by atoms with Crippen LogP contribution in [0.4, 0.5) is 4.79 Å².